The van der Waals surface area contributed by atoms with E-state index in [0.29, 0.717) is 5.56 Å². The number of nitrogens with one attached hydrogen (secondary N) is 1. The van der Waals surface area contributed by atoms with Crippen LogP contribution in [0.15, 0.2) is 12.1 Å². The maximum atomic E-state index is 12.1. The third-order valence-electron chi connectivity index (χ3n) is 2.97. The second-order valence-corrected chi connectivity index (χ2v) is 4.56. The van der Waals surface area contributed by atoms with Crippen LogP contribution in [-0.4, -0.2) is 48.5 Å². The highest BCUT2D eigenvalue weighted by atomic mass is 16.5. The first kappa shape index (κ1) is 16.8. The Labute approximate surface area is 122 Å². The number of hydrogen-bond acceptors (Lipinski definition) is 6. The van der Waals surface area contributed by atoms with Crippen molar-refractivity contribution in [1.82, 2.24) is 5.32 Å². The van der Waals surface area contributed by atoms with Crippen LogP contribution in [0.1, 0.15) is 22.8 Å². The summed E-state index contributed by atoms with van der Waals surface area (Å²) in [6.07, 6.45) is -1.11. The number of carbonyl (C=O) groups excluding carboxylic acids is 2. The first-order valence-electron chi connectivity index (χ1n) is 6.26. The van der Waals surface area contributed by atoms with Gasteiger partial charge in [0, 0.05) is 5.56 Å². The van der Waals surface area contributed by atoms with Crippen molar-refractivity contribution in [3.63, 3.8) is 0 Å². The normalized spacial score (nSPS) is 13.2. The van der Waals surface area contributed by atoms with Gasteiger partial charge in [-0.15, -0.1) is 0 Å². The average Bonchev–Trinajstić information content (AvgIpc) is 2.45. The third-order valence-corrected chi connectivity index (χ3v) is 2.97. The van der Waals surface area contributed by atoms with Crippen molar-refractivity contribution in [3.05, 3.63) is 23.3 Å². The van der Waals surface area contributed by atoms with Crippen LogP contribution in [0.4, 0.5) is 0 Å². The fourth-order valence-electron chi connectivity index (χ4n) is 1.76. The van der Waals surface area contributed by atoms with E-state index in [1.165, 1.54) is 26.2 Å². The van der Waals surface area contributed by atoms with E-state index in [4.69, 9.17) is 4.74 Å². The number of aromatic hydroxyl groups is 1. The number of aliphatic hydroxyl groups excluding tert-OH is 1. The Kier molecular flexibility index (Phi) is 5.54. The zero-order valence-electron chi connectivity index (χ0n) is 12.3. The minimum absolute atomic E-state index is 0.0610. The molecule has 7 nitrogen and oxygen atoms in total. The van der Waals surface area contributed by atoms with Crippen LogP contribution in [0.2, 0.25) is 0 Å². The zero-order valence-corrected chi connectivity index (χ0v) is 12.3. The summed E-state index contributed by atoms with van der Waals surface area (Å²) in [6.45, 7) is 2.98. The van der Waals surface area contributed by atoms with Crippen molar-refractivity contribution in [2.75, 3.05) is 14.2 Å². The number of phenols is 1. The van der Waals surface area contributed by atoms with Crippen molar-refractivity contribution in [1.29, 1.82) is 0 Å². The number of rotatable bonds is 5. The number of methoxy groups -OCH3 is 2. The van der Waals surface area contributed by atoms with Crippen molar-refractivity contribution in [2.24, 2.45) is 0 Å². The van der Waals surface area contributed by atoms with Gasteiger partial charge in [0.15, 0.2) is 17.5 Å². The molecule has 0 radical (unpaired) electrons. The summed E-state index contributed by atoms with van der Waals surface area (Å²) in [4.78, 5) is 23.6. The fraction of sp³-hybridized carbons (Fsp3) is 0.429. The molecule has 0 aliphatic heterocycles. The Morgan fingerprint density at radius 2 is 1.90 bits per heavy atom. The summed E-state index contributed by atoms with van der Waals surface area (Å²) in [7, 11) is 2.53. The number of esters is 1. The highest BCUT2D eigenvalue weighted by Gasteiger charge is 2.27. The van der Waals surface area contributed by atoms with Gasteiger partial charge >= 0.3 is 5.97 Å². The van der Waals surface area contributed by atoms with Gasteiger partial charge in [-0.1, -0.05) is 0 Å². The lowest BCUT2D eigenvalue weighted by Gasteiger charge is -2.19. The molecule has 116 valence electrons. The zero-order chi connectivity index (χ0) is 16.2. The van der Waals surface area contributed by atoms with Gasteiger partial charge in [0.2, 0.25) is 0 Å². The molecule has 0 heterocycles. The van der Waals surface area contributed by atoms with E-state index in [1.807, 2.05) is 0 Å². The number of aliphatic hydroxyl groups is 1. The lowest BCUT2D eigenvalue weighted by molar-refractivity contribution is -0.145. The SMILES string of the molecule is COC(=O)[C@@H](NC(=O)c1cc(C)c(O)c(OC)c1)[C@@H](C)O. The molecule has 1 aromatic rings. The minimum Gasteiger partial charge on any atom is -0.504 e. The van der Waals surface area contributed by atoms with Crippen LogP contribution < -0.4 is 10.1 Å². The molecule has 0 fully saturated rings. The van der Waals surface area contributed by atoms with Gasteiger partial charge < -0.3 is 25.0 Å². The van der Waals surface area contributed by atoms with Gasteiger partial charge in [-0.3, -0.25) is 4.79 Å². The van der Waals surface area contributed by atoms with Crippen LogP contribution in [0.5, 0.6) is 11.5 Å². The molecule has 1 amide bonds. The summed E-state index contributed by atoms with van der Waals surface area (Å²) in [6, 6.07) is 1.61. The number of benzene rings is 1. The molecule has 0 unspecified atom stereocenters. The number of phenolic OH excluding ortho intramolecular Hbond substituents is 1. The molecule has 0 aromatic heterocycles. The molecule has 7 heteroatoms. The number of carbonyl (C=O) groups is 2. The summed E-state index contributed by atoms with van der Waals surface area (Å²) in [5.74, 6) is -1.26. The maximum absolute atomic E-state index is 12.1. The highest BCUT2D eigenvalue weighted by molar-refractivity contribution is 5.97. The van der Waals surface area contributed by atoms with Gasteiger partial charge in [0.05, 0.1) is 20.3 Å². The predicted octanol–water partition coefficient (Wildman–Crippen LogP) is 0.361. The second kappa shape index (κ2) is 6.94. The molecule has 0 spiro atoms. The van der Waals surface area contributed by atoms with Crippen LogP contribution in [0.3, 0.4) is 0 Å². The van der Waals surface area contributed by atoms with E-state index >= 15 is 0 Å². The lowest BCUT2D eigenvalue weighted by Crippen LogP contribution is -2.48. The molecule has 0 aliphatic carbocycles. The van der Waals surface area contributed by atoms with Gasteiger partial charge in [-0.05, 0) is 31.5 Å². The molecule has 1 aromatic carbocycles. The molecule has 1 rings (SSSR count). The van der Waals surface area contributed by atoms with Crippen molar-refractivity contribution in [3.8, 4) is 11.5 Å². The highest BCUT2D eigenvalue weighted by Crippen LogP contribution is 2.30. The summed E-state index contributed by atoms with van der Waals surface area (Å²) in [5, 5.41) is 21.6. The largest absolute Gasteiger partial charge is 0.504 e. The van der Waals surface area contributed by atoms with E-state index in [2.05, 4.69) is 10.1 Å². The number of amides is 1. The quantitative estimate of drug-likeness (QED) is 0.678. The molecular weight excluding hydrogens is 278 g/mol. The molecule has 2 atom stereocenters. The summed E-state index contributed by atoms with van der Waals surface area (Å²) < 4.78 is 9.49. The van der Waals surface area contributed by atoms with Crippen LogP contribution in [0, 0.1) is 6.92 Å². The number of aryl methyl sites for hydroxylation is 1. The topological polar surface area (TPSA) is 105 Å². The van der Waals surface area contributed by atoms with Crippen molar-refractivity contribution in [2.45, 2.75) is 26.0 Å². The molecule has 3 N–H and O–H groups in total. The van der Waals surface area contributed by atoms with E-state index in [9.17, 15) is 19.8 Å². The van der Waals surface area contributed by atoms with Gasteiger partial charge in [0.1, 0.15) is 0 Å². The Hall–Kier alpha value is -2.28. The first-order valence-corrected chi connectivity index (χ1v) is 6.26. The van der Waals surface area contributed by atoms with Gasteiger partial charge in [0.25, 0.3) is 5.91 Å². The number of ether oxygens (including phenoxy) is 2. The maximum Gasteiger partial charge on any atom is 0.331 e. The molecular formula is C14H19NO6. The minimum atomic E-state index is -1.18. The second-order valence-electron chi connectivity index (χ2n) is 4.56. The Bertz CT molecular complexity index is 541. The van der Waals surface area contributed by atoms with Crippen molar-refractivity contribution < 1.29 is 29.3 Å². The lowest BCUT2D eigenvalue weighted by atomic mass is 10.1. The van der Waals surface area contributed by atoms with Crippen LogP contribution >= 0.6 is 0 Å². The molecule has 0 aliphatic rings. The van der Waals surface area contributed by atoms with E-state index < -0.39 is 24.0 Å². The summed E-state index contributed by atoms with van der Waals surface area (Å²) >= 11 is 0. The van der Waals surface area contributed by atoms with E-state index in [1.54, 1.807) is 6.92 Å². The monoisotopic (exact) mass is 297 g/mol. The Balaban J connectivity index is 3.03. The average molecular weight is 297 g/mol. The fourth-order valence-corrected chi connectivity index (χ4v) is 1.76. The standard InChI is InChI=1S/C14H19NO6/c1-7-5-9(6-10(20-3)12(7)17)13(18)15-11(8(2)16)14(19)21-4/h5-6,8,11,16-17H,1-4H3,(H,15,18)/t8-,11+/m1/s1. The van der Waals surface area contributed by atoms with E-state index in [0.717, 1.165) is 7.11 Å². The Morgan fingerprint density at radius 1 is 1.29 bits per heavy atom. The summed E-state index contributed by atoms with van der Waals surface area (Å²) in [5.41, 5.74) is 0.642. The molecule has 21 heavy (non-hydrogen) atoms. The smallest absolute Gasteiger partial charge is 0.331 e. The number of hydrogen-bond donors (Lipinski definition) is 3. The third kappa shape index (κ3) is 3.85. The van der Waals surface area contributed by atoms with Crippen LogP contribution in [0.25, 0.3) is 0 Å². The van der Waals surface area contributed by atoms with Crippen LogP contribution in [-0.2, 0) is 9.53 Å². The molecule has 0 bridgehead atoms. The van der Waals surface area contributed by atoms with Crippen molar-refractivity contribution >= 4 is 11.9 Å². The van der Waals surface area contributed by atoms with Gasteiger partial charge in [-0.2, -0.15) is 0 Å². The predicted molar refractivity (Wildman–Crippen MR) is 74.3 cm³/mol. The molecule has 0 saturated heterocycles. The molecule has 0 saturated carbocycles. The van der Waals surface area contributed by atoms with E-state index in [-0.39, 0.29) is 17.1 Å². The first-order chi connectivity index (χ1) is 9.81. The Morgan fingerprint density at radius 3 is 2.38 bits per heavy atom. The van der Waals surface area contributed by atoms with Gasteiger partial charge in [-0.25, -0.2) is 4.79 Å².